The van der Waals surface area contributed by atoms with E-state index in [0.29, 0.717) is 18.8 Å². The Morgan fingerprint density at radius 2 is 1.87 bits per heavy atom. The van der Waals surface area contributed by atoms with Crippen LogP contribution in [0.3, 0.4) is 0 Å². The fourth-order valence-corrected chi connectivity index (χ4v) is 1.26. The molecule has 1 aromatic rings. The fraction of sp³-hybridized carbons (Fsp3) is 0.364. The first-order chi connectivity index (χ1) is 7.36. The Kier molecular flexibility index (Phi) is 3.32. The Hall–Kier alpha value is -1.39. The van der Waals surface area contributed by atoms with Gasteiger partial charge in [-0.05, 0) is 18.6 Å². The molecule has 15 heavy (non-hydrogen) atoms. The summed E-state index contributed by atoms with van der Waals surface area (Å²) in [6.45, 7) is 0.269. The van der Waals surface area contributed by atoms with Gasteiger partial charge in [0.2, 0.25) is 0 Å². The third-order valence-corrected chi connectivity index (χ3v) is 2.01. The molecule has 1 aliphatic heterocycles. The van der Waals surface area contributed by atoms with Crippen LogP contribution in [-0.4, -0.2) is 25.7 Å². The van der Waals surface area contributed by atoms with Gasteiger partial charge in [0, 0.05) is 0 Å². The predicted molar refractivity (Wildman–Crippen MR) is 52.2 cm³/mol. The Labute approximate surface area is 87.8 Å². The van der Waals surface area contributed by atoms with E-state index in [1.807, 2.05) is 6.07 Å². The summed E-state index contributed by atoms with van der Waals surface area (Å²) in [5, 5.41) is 0. The zero-order valence-corrected chi connectivity index (χ0v) is 8.22. The molecule has 1 heterocycles. The maximum absolute atomic E-state index is 11.5. The first-order valence-electron chi connectivity index (χ1n) is 4.85. The van der Waals surface area contributed by atoms with Gasteiger partial charge in [-0.25, -0.2) is 4.79 Å². The van der Waals surface area contributed by atoms with Crippen molar-refractivity contribution >= 4 is 5.97 Å². The number of ether oxygens (including phenoxy) is 3. The van der Waals surface area contributed by atoms with Crippen molar-refractivity contribution in [3.63, 3.8) is 0 Å². The van der Waals surface area contributed by atoms with Gasteiger partial charge in [-0.1, -0.05) is 18.2 Å². The molecule has 0 aromatic heterocycles. The number of hydrogen-bond donors (Lipinski definition) is 0. The van der Waals surface area contributed by atoms with Crippen LogP contribution in [0.4, 0.5) is 0 Å². The molecule has 0 bridgehead atoms. The molecule has 4 nitrogen and oxygen atoms in total. The van der Waals surface area contributed by atoms with Crippen molar-refractivity contribution in [3.8, 4) is 0 Å². The van der Waals surface area contributed by atoms with Crippen molar-refractivity contribution < 1.29 is 19.0 Å². The summed E-state index contributed by atoms with van der Waals surface area (Å²) in [5.41, 5.74) is 0.496. The number of carbonyl (C=O) groups excluding carboxylic acids is 1. The second kappa shape index (κ2) is 4.91. The number of hydrogen-bond acceptors (Lipinski definition) is 4. The molecule has 0 saturated carbocycles. The van der Waals surface area contributed by atoms with Crippen LogP contribution in [0.5, 0.6) is 0 Å². The van der Waals surface area contributed by atoms with Crippen molar-refractivity contribution in [3.05, 3.63) is 35.9 Å². The van der Waals surface area contributed by atoms with Gasteiger partial charge in [0.25, 0.3) is 0 Å². The van der Waals surface area contributed by atoms with Crippen molar-refractivity contribution in [2.75, 3.05) is 13.2 Å². The van der Waals surface area contributed by atoms with E-state index in [0.717, 1.165) is 6.42 Å². The third kappa shape index (κ3) is 2.78. The fourth-order valence-electron chi connectivity index (χ4n) is 1.26. The maximum atomic E-state index is 11.5. The average molecular weight is 208 g/mol. The minimum absolute atomic E-state index is 0.428. The second-order valence-electron chi connectivity index (χ2n) is 3.16. The minimum Gasteiger partial charge on any atom is -0.407 e. The maximum Gasteiger partial charge on any atom is 0.342 e. The highest BCUT2D eigenvalue weighted by Crippen LogP contribution is 2.09. The van der Waals surface area contributed by atoms with Crippen LogP contribution < -0.4 is 0 Å². The molecule has 0 spiro atoms. The van der Waals surface area contributed by atoms with Gasteiger partial charge in [-0.3, -0.25) is 0 Å². The molecule has 1 aliphatic rings. The monoisotopic (exact) mass is 208 g/mol. The highest BCUT2D eigenvalue weighted by atomic mass is 16.9. The van der Waals surface area contributed by atoms with Crippen LogP contribution in [-0.2, 0) is 14.2 Å². The Balaban J connectivity index is 1.91. The summed E-state index contributed by atoms with van der Waals surface area (Å²) in [5.74, 6) is -0.428. The first kappa shape index (κ1) is 10.1. The van der Waals surface area contributed by atoms with Crippen molar-refractivity contribution in [1.82, 2.24) is 0 Å². The lowest BCUT2D eigenvalue weighted by molar-refractivity contribution is -0.285. The van der Waals surface area contributed by atoms with E-state index < -0.39 is 12.4 Å². The van der Waals surface area contributed by atoms with Gasteiger partial charge >= 0.3 is 12.4 Å². The third-order valence-electron chi connectivity index (χ3n) is 2.01. The standard InChI is InChI=1S/C11H12O4/c12-10(9-5-2-1-3-6-9)15-11-13-7-4-8-14-11/h1-3,5-6,11H,4,7-8H2. The smallest absolute Gasteiger partial charge is 0.342 e. The normalized spacial score (nSPS) is 17.3. The lowest BCUT2D eigenvalue weighted by Crippen LogP contribution is -2.29. The SMILES string of the molecule is O=C(OC1OCCCO1)c1ccccc1. The Morgan fingerprint density at radius 1 is 1.20 bits per heavy atom. The van der Waals surface area contributed by atoms with Crippen LogP contribution >= 0.6 is 0 Å². The van der Waals surface area contributed by atoms with Gasteiger partial charge in [-0.2, -0.15) is 0 Å². The quantitative estimate of drug-likeness (QED) is 0.692. The predicted octanol–water partition coefficient (Wildman–Crippen LogP) is 1.56. The molecule has 80 valence electrons. The van der Waals surface area contributed by atoms with E-state index in [1.54, 1.807) is 24.3 Å². The molecule has 0 amide bonds. The molecule has 0 unspecified atom stereocenters. The molecule has 0 radical (unpaired) electrons. The zero-order valence-electron chi connectivity index (χ0n) is 8.22. The highest BCUT2D eigenvalue weighted by Gasteiger charge is 2.19. The highest BCUT2D eigenvalue weighted by molar-refractivity contribution is 5.89. The lowest BCUT2D eigenvalue weighted by atomic mass is 10.2. The Morgan fingerprint density at radius 3 is 2.53 bits per heavy atom. The number of rotatable bonds is 2. The lowest BCUT2D eigenvalue weighted by Gasteiger charge is -2.22. The molecule has 1 saturated heterocycles. The topological polar surface area (TPSA) is 44.8 Å². The largest absolute Gasteiger partial charge is 0.407 e. The van der Waals surface area contributed by atoms with E-state index in [4.69, 9.17) is 14.2 Å². The van der Waals surface area contributed by atoms with E-state index in [2.05, 4.69) is 0 Å². The van der Waals surface area contributed by atoms with Gasteiger partial charge in [0.05, 0.1) is 18.8 Å². The summed E-state index contributed by atoms with van der Waals surface area (Å²) < 4.78 is 15.2. The van der Waals surface area contributed by atoms with E-state index in [-0.39, 0.29) is 0 Å². The van der Waals surface area contributed by atoms with Gasteiger partial charge in [-0.15, -0.1) is 0 Å². The van der Waals surface area contributed by atoms with E-state index in [9.17, 15) is 4.79 Å². The van der Waals surface area contributed by atoms with E-state index in [1.165, 1.54) is 0 Å². The molecule has 4 heteroatoms. The van der Waals surface area contributed by atoms with Crippen molar-refractivity contribution in [2.45, 2.75) is 12.9 Å². The van der Waals surface area contributed by atoms with Gasteiger partial charge in [0.1, 0.15) is 0 Å². The summed E-state index contributed by atoms with van der Waals surface area (Å²) >= 11 is 0. The molecule has 1 fully saturated rings. The number of carbonyl (C=O) groups is 1. The van der Waals surface area contributed by atoms with Crippen LogP contribution in [0.1, 0.15) is 16.8 Å². The molecule has 1 aromatic carbocycles. The summed E-state index contributed by atoms with van der Waals surface area (Å²) in [7, 11) is 0. The Bertz CT molecular complexity index is 317. The van der Waals surface area contributed by atoms with Crippen LogP contribution in [0.2, 0.25) is 0 Å². The molecule has 0 N–H and O–H groups in total. The molecular formula is C11H12O4. The number of esters is 1. The van der Waals surface area contributed by atoms with E-state index >= 15 is 0 Å². The van der Waals surface area contributed by atoms with Crippen LogP contribution in [0.15, 0.2) is 30.3 Å². The average Bonchev–Trinajstić information content (AvgIpc) is 2.31. The van der Waals surface area contributed by atoms with Crippen molar-refractivity contribution in [2.24, 2.45) is 0 Å². The molecule has 0 atom stereocenters. The molecular weight excluding hydrogens is 196 g/mol. The van der Waals surface area contributed by atoms with Gasteiger partial charge in [0.15, 0.2) is 0 Å². The van der Waals surface area contributed by atoms with Crippen molar-refractivity contribution in [1.29, 1.82) is 0 Å². The summed E-state index contributed by atoms with van der Waals surface area (Å²) in [4.78, 5) is 11.5. The molecule has 2 rings (SSSR count). The van der Waals surface area contributed by atoms with Crippen LogP contribution in [0, 0.1) is 0 Å². The summed E-state index contributed by atoms with van der Waals surface area (Å²) in [6.07, 6.45) is 0.833. The zero-order chi connectivity index (χ0) is 10.5. The second-order valence-corrected chi connectivity index (χ2v) is 3.16. The number of benzene rings is 1. The first-order valence-corrected chi connectivity index (χ1v) is 4.85. The summed E-state index contributed by atoms with van der Waals surface area (Å²) in [6, 6.07) is 8.76. The van der Waals surface area contributed by atoms with Gasteiger partial charge < -0.3 is 14.2 Å². The molecule has 0 aliphatic carbocycles. The minimum atomic E-state index is -0.855. The van der Waals surface area contributed by atoms with Crippen LogP contribution in [0.25, 0.3) is 0 Å².